The molecular formula is C18H20N8O2. The largest absolute Gasteiger partial charge is 0.490 e. The molecule has 0 aliphatic rings. The molecule has 10 heteroatoms. The van der Waals surface area contributed by atoms with E-state index in [9.17, 15) is 0 Å². The Labute approximate surface area is 161 Å². The molecule has 28 heavy (non-hydrogen) atoms. The van der Waals surface area contributed by atoms with Crippen LogP contribution in [0, 0.1) is 0 Å². The third-order valence-corrected chi connectivity index (χ3v) is 4.26. The smallest absolute Gasteiger partial charge is 0.201 e. The Kier molecular flexibility index (Phi) is 4.83. The first kappa shape index (κ1) is 17.8. The minimum Gasteiger partial charge on any atom is -0.490 e. The molecule has 3 aromatic heterocycles. The van der Waals surface area contributed by atoms with Crippen molar-refractivity contribution in [3.8, 4) is 23.0 Å². The molecule has 144 valence electrons. The lowest BCUT2D eigenvalue weighted by molar-refractivity contribution is 0.288. The molecule has 0 saturated carbocycles. The standard InChI is InChI=1S/C18H20N8O2/c1-4-27-14-8-12-13(9-15(14)28-5-2)20-11-21-17(12)18-22-23-24-26(18)10-16-19-6-7-25(16)3/h6-9,11H,4-5,10H2,1-3H3. The van der Waals surface area contributed by atoms with E-state index >= 15 is 0 Å². The van der Waals surface area contributed by atoms with Crippen LogP contribution in [0.4, 0.5) is 0 Å². The van der Waals surface area contributed by atoms with Crippen LogP contribution in [0.1, 0.15) is 19.7 Å². The number of hydrogen-bond donors (Lipinski definition) is 0. The third kappa shape index (κ3) is 3.24. The van der Waals surface area contributed by atoms with Gasteiger partial charge >= 0.3 is 0 Å². The number of rotatable bonds is 7. The molecule has 3 heterocycles. The van der Waals surface area contributed by atoms with Gasteiger partial charge in [-0.2, -0.15) is 0 Å². The first-order chi connectivity index (χ1) is 13.7. The highest BCUT2D eigenvalue weighted by atomic mass is 16.5. The lowest BCUT2D eigenvalue weighted by Gasteiger charge is -2.13. The van der Waals surface area contributed by atoms with Gasteiger partial charge in [-0.1, -0.05) is 0 Å². The maximum absolute atomic E-state index is 5.75. The van der Waals surface area contributed by atoms with Gasteiger partial charge < -0.3 is 14.0 Å². The summed E-state index contributed by atoms with van der Waals surface area (Å²) in [5.74, 6) is 2.65. The SMILES string of the molecule is CCOc1cc2ncnc(-c3nnnn3Cc3nccn3C)c2cc1OCC. The molecule has 0 saturated heterocycles. The summed E-state index contributed by atoms with van der Waals surface area (Å²) < 4.78 is 15.0. The van der Waals surface area contributed by atoms with Crippen LogP contribution in [0.25, 0.3) is 22.4 Å². The Hall–Kier alpha value is -3.56. The second-order valence-corrected chi connectivity index (χ2v) is 6.02. The van der Waals surface area contributed by atoms with Crippen molar-refractivity contribution in [3.63, 3.8) is 0 Å². The molecule has 0 atom stereocenters. The number of hydrogen-bond acceptors (Lipinski definition) is 8. The van der Waals surface area contributed by atoms with Gasteiger partial charge in [0.05, 0.1) is 18.7 Å². The van der Waals surface area contributed by atoms with Gasteiger partial charge in [0.15, 0.2) is 11.5 Å². The van der Waals surface area contributed by atoms with Gasteiger partial charge in [-0.3, -0.25) is 0 Å². The molecule has 0 bridgehead atoms. The van der Waals surface area contributed by atoms with Gasteiger partial charge in [-0.15, -0.1) is 5.10 Å². The van der Waals surface area contributed by atoms with Gasteiger partial charge in [-0.05, 0) is 30.3 Å². The minimum atomic E-state index is 0.423. The summed E-state index contributed by atoms with van der Waals surface area (Å²) in [5, 5.41) is 12.9. The Balaban J connectivity index is 1.82. The predicted molar refractivity (Wildman–Crippen MR) is 101 cm³/mol. The Morgan fingerprint density at radius 2 is 1.79 bits per heavy atom. The number of benzene rings is 1. The average molecular weight is 380 g/mol. The number of nitrogens with zero attached hydrogens (tertiary/aromatic N) is 8. The van der Waals surface area contributed by atoms with Crippen LogP contribution in [-0.4, -0.2) is 52.9 Å². The van der Waals surface area contributed by atoms with E-state index < -0.39 is 0 Å². The average Bonchev–Trinajstić information content (AvgIpc) is 3.32. The highest BCUT2D eigenvalue weighted by molar-refractivity contribution is 5.92. The second kappa shape index (κ2) is 7.59. The summed E-state index contributed by atoms with van der Waals surface area (Å²) in [5.41, 5.74) is 1.34. The van der Waals surface area contributed by atoms with E-state index in [1.807, 2.05) is 43.8 Å². The molecule has 0 spiro atoms. The second-order valence-electron chi connectivity index (χ2n) is 6.02. The van der Waals surface area contributed by atoms with Gasteiger partial charge in [-0.25, -0.2) is 19.6 Å². The number of tetrazole rings is 1. The summed E-state index contributed by atoms with van der Waals surface area (Å²) in [6.45, 7) is 5.33. The number of imidazole rings is 1. The van der Waals surface area contributed by atoms with Crippen LogP contribution >= 0.6 is 0 Å². The van der Waals surface area contributed by atoms with Crippen molar-refractivity contribution in [2.75, 3.05) is 13.2 Å². The van der Waals surface area contributed by atoms with Crippen molar-refractivity contribution in [1.82, 2.24) is 39.7 Å². The van der Waals surface area contributed by atoms with E-state index in [4.69, 9.17) is 9.47 Å². The minimum absolute atomic E-state index is 0.423. The fourth-order valence-corrected chi connectivity index (χ4v) is 2.94. The van der Waals surface area contributed by atoms with Crippen molar-refractivity contribution >= 4 is 10.9 Å². The first-order valence-electron chi connectivity index (χ1n) is 8.98. The third-order valence-electron chi connectivity index (χ3n) is 4.26. The summed E-state index contributed by atoms with van der Waals surface area (Å²) in [6.07, 6.45) is 5.11. The van der Waals surface area contributed by atoms with Crippen molar-refractivity contribution in [2.24, 2.45) is 7.05 Å². The Bertz CT molecular complexity index is 1100. The van der Waals surface area contributed by atoms with Gasteiger partial charge in [0.1, 0.15) is 24.4 Å². The van der Waals surface area contributed by atoms with Crippen LogP contribution in [0.2, 0.25) is 0 Å². The summed E-state index contributed by atoms with van der Waals surface area (Å²) >= 11 is 0. The molecule has 10 nitrogen and oxygen atoms in total. The van der Waals surface area contributed by atoms with Crippen LogP contribution in [0.5, 0.6) is 11.5 Å². The molecule has 4 aromatic rings. The maximum Gasteiger partial charge on any atom is 0.201 e. The van der Waals surface area contributed by atoms with E-state index in [0.29, 0.717) is 42.8 Å². The zero-order chi connectivity index (χ0) is 19.5. The normalized spacial score (nSPS) is 11.1. The van der Waals surface area contributed by atoms with Crippen LogP contribution in [0.15, 0.2) is 30.9 Å². The zero-order valence-corrected chi connectivity index (χ0v) is 15.9. The first-order valence-corrected chi connectivity index (χ1v) is 8.98. The van der Waals surface area contributed by atoms with Gasteiger partial charge in [0.25, 0.3) is 0 Å². The molecule has 0 aliphatic carbocycles. The van der Waals surface area contributed by atoms with Crippen molar-refractivity contribution in [3.05, 3.63) is 36.7 Å². The molecular weight excluding hydrogens is 360 g/mol. The fraction of sp³-hybridized carbons (Fsp3) is 0.333. The lowest BCUT2D eigenvalue weighted by Crippen LogP contribution is -2.09. The molecule has 1 aromatic carbocycles. The van der Waals surface area contributed by atoms with Crippen molar-refractivity contribution in [2.45, 2.75) is 20.4 Å². The van der Waals surface area contributed by atoms with Crippen molar-refractivity contribution in [1.29, 1.82) is 0 Å². The molecule has 0 radical (unpaired) electrons. The highest BCUT2D eigenvalue weighted by Crippen LogP contribution is 2.35. The molecule has 4 rings (SSSR count). The number of ether oxygens (including phenoxy) is 2. The number of fused-ring (bicyclic) bond motifs is 1. The molecule has 0 fully saturated rings. The predicted octanol–water partition coefficient (Wildman–Crippen LogP) is 1.86. The summed E-state index contributed by atoms with van der Waals surface area (Å²) in [4.78, 5) is 13.2. The van der Waals surface area contributed by atoms with E-state index in [1.165, 1.54) is 6.33 Å². The Morgan fingerprint density at radius 3 is 2.50 bits per heavy atom. The molecule has 0 amide bonds. The monoisotopic (exact) mass is 380 g/mol. The van der Waals surface area contributed by atoms with Crippen LogP contribution in [-0.2, 0) is 13.6 Å². The molecule has 0 aliphatic heterocycles. The summed E-state index contributed by atoms with van der Waals surface area (Å²) in [7, 11) is 1.93. The van der Waals surface area contributed by atoms with Crippen molar-refractivity contribution < 1.29 is 9.47 Å². The summed E-state index contributed by atoms with van der Waals surface area (Å²) in [6, 6.07) is 3.72. The fourth-order valence-electron chi connectivity index (χ4n) is 2.94. The molecule has 0 N–H and O–H groups in total. The number of aromatic nitrogens is 8. The van der Waals surface area contributed by atoms with Gasteiger partial charge in [0, 0.05) is 30.9 Å². The van der Waals surface area contributed by atoms with Crippen LogP contribution in [0.3, 0.4) is 0 Å². The molecule has 0 unspecified atom stereocenters. The van der Waals surface area contributed by atoms with E-state index in [-0.39, 0.29) is 0 Å². The van der Waals surface area contributed by atoms with E-state index in [1.54, 1.807) is 10.9 Å². The lowest BCUT2D eigenvalue weighted by atomic mass is 10.1. The number of aryl methyl sites for hydroxylation is 1. The topological polar surface area (TPSA) is 106 Å². The van der Waals surface area contributed by atoms with Gasteiger partial charge in [0.2, 0.25) is 5.82 Å². The Morgan fingerprint density at radius 1 is 1.00 bits per heavy atom. The van der Waals surface area contributed by atoms with E-state index in [2.05, 4.69) is 30.5 Å². The highest BCUT2D eigenvalue weighted by Gasteiger charge is 2.18. The van der Waals surface area contributed by atoms with Crippen LogP contribution < -0.4 is 9.47 Å². The zero-order valence-electron chi connectivity index (χ0n) is 15.9. The van der Waals surface area contributed by atoms with E-state index in [0.717, 1.165) is 16.7 Å². The maximum atomic E-state index is 5.75. The quantitative estimate of drug-likeness (QED) is 0.478.